The zero-order valence-electron chi connectivity index (χ0n) is 17.1. The molecule has 0 saturated carbocycles. The van der Waals surface area contributed by atoms with E-state index >= 15 is 0 Å². The van der Waals surface area contributed by atoms with Crippen LogP contribution in [-0.2, 0) is 13.1 Å². The van der Waals surface area contributed by atoms with Gasteiger partial charge in [-0.25, -0.2) is 24.4 Å². The first-order chi connectivity index (χ1) is 16.1. The van der Waals surface area contributed by atoms with Crippen LogP contribution >= 0.6 is 11.6 Å². The van der Waals surface area contributed by atoms with Crippen LogP contribution in [0.25, 0.3) is 17.3 Å². The molecule has 176 valence electrons. The molecule has 0 fully saturated rings. The molecule has 0 aliphatic rings. The third-order valence-corrected chi connectivity index (χ3v) is 4.80. The molecule has 4 aromatic rings. The molecular formula is C19H15ClF3N9O2. The summed E-state index contributed by atoms with van der Waals surface area (Å²) in [6.07, 6.45) is -2.88. The van der Waals surface area contributed by atoms with Crippen LogP contribution in [-0.4, -0.2) is 51.2 Å². The lowest BCUT2D eigenvalue weighted by molar-refractivity contribution is -0.136. The molecule has 11 nitrogen and oxygen atoms in total. The van der Waals surface area contributed by atoms with Gasteiger partial charge in [-0.1, -0.05) is 11.6 Å². The summed E-state index contributed by atoms with van der Waals surface area (Å²) in [5.41, 5.74) is 4.93. The van der Waals surface area contributed by atoms with Crippen LogP contribution in [0.15, 0.2) is 47.5 Å². The van der Waals surface area contributed by atoms with E-state index in [4.69, 9.17) is 17.3 Å². The van der Waals surface area contributed by atoms with Gasteiger partial charge in [0.2, 0.25) is 5.82 Å². The first-order valence-corrected chi connectivity index (χ1v) is 10.0. The molecule has 1 aromatic carbocycles. The van der Waals surface area contributed by atoms with Crippen molar-refractivity contribution in [3.63, 3.8) is 0 Å². The summed E-state index contributed by atoms with van der Waals surface area (Å²) < 4.78 is 41.4. The molecule has 0 radical (unpaired) electrons. The molecule has 1 amide bonds. The number of halogens is 4. The molecule has 3 aromatic heterocycles. The number of nitrogens with zero attached hydrogens (tertiary/aromatic N) is 8. The lowest BCUT2D eigenvalue weighted by atomic mass is 10.2. The number of rotatable bonds is 7. The summed E-state index contributed by atoms with van der Waals surface area (Å²) in [4.78, 5) is 36.7. The molecule has 3 heterocycles. The van der Waals surface area contributed by atoms with E-state index in [0.717, 1.165) is 13.9 Å². The van der Waals surface area contributed by atoms with Gasteiger partial charge in [0.25, 0.3) is 11.9 Å². The number of carbonyl (C=O) groups excluding carboxylic acids is 1. The van der Waals surface area contributed by atoms with Crippen molar-refractivity contribution in [1.82, 2.24) is 39.1 Å². The maximum absolute atomic E-state index is 12.9. The molecule has 34 heavy (non-hydrogen) atoms. The second-order valence-electron chi connectivity index (χ2n) is 6.96. The van der Waals surface area contributed by atoms with Crippen molar-refractivity contribution in [3.8, 4) is 17.3 Å². The number of amides is 1. The summed E-state index contributed by atoms with van der Waals surface area (Å²) in [7, 11) is 0. The highest BCUT2D eigenvalue weighted by Gasteiger charge is 2.29. The van der Waals surface area contributed by atoms with Gasteiger partial charge in [-0.05, 0) is 30.3 Å². The van der Waals surface area contributed by atoms with E-state index in [-0.39, 0.29) is 30.0 Å². The van der Waals surface area contributed by atoms with Gasteiger partial charge in [-0.3, -0.25) is 9.36 Å². The number of benzene rings is 1. The normalized spacial score (nSPS) is 11.6. The molecule has 0 unspecified atom stereocenters. The minimum atomic E-state index is -4.48. The van der Waals surface area contributed by atoms with Crippen molar-refractivity contribution in [2.45, 2.75) is 25.7 Å². The summed E-state index contributed by atoms with van der Waals surface area (Å²) >= 11 is 5.89. The number of primary amides is 1. The number of hydrogen-bond donors (Lipinski definition) is 1. The van der Waals surface area contributed by atoms with Gasteiger partial charge in [-0.2, -0.15) is 17.9 Å². The third kappa shape index (κ3) is 4.96. The molecule has 0 atom stereocenters. The number of nitrogens with two attached hydrogens (primary N) is 1. The fourth-order valence-corrected chi connectivity index (χ4v) is 3.18. The van der Waals surface area contributed by atoms with Crippen LogP contribution in [0, 0.1) is 0 Å². The summed E-state index contributed by atoms with van der Waals surface area (Å²) in [6, 6.07) is 7.66. The van der Waals surface area contributed by atoms with Crippen molar-refractivity contribution in [2.75, 3.05) is 0 Å². The molecule has 0 aliphatic heterocycles. The van der Waals surface area contributed by atoms with Gasteiger partial charge in [0.05, 0.1) is 6.42 Å². The maximum atomic E-state index is 12.9. The van der Waals surface area contributed by atoms with Gasteiger partial charge in [0, 0.05) is 29.5 Å². The maximum Gasteiger partial charge on any atom is 0.390 e. The minimum absolute atomic E-state index is 0.00636. The average Bonchev–Trinajstić information content (AvgIpc) is 3.35. The number of hydrogen-bond acceptors (Lipinski definition) is 7. The van der Waals surface area contributed by atoms with Crippen LogP contribution in [0.3, 0.4) is 0 Å². The van der Waals surface area contributed by atoms with Gasteiger partial charge in [0.15, 0.2) is 11.6 Å². The Kier molecular flexibility index (Phi) is 6.15. The Hall–Kier alpha value is -4.07. The van der Waals surface area contributed by atoms with Gasteiger partial charge in [0.1, 0.15) is 6.54 Å². The third-order valence-electron chi connectivity index (χ3n) is 4.55. The minimum Gasteiger partial charge on any atom is -0.363 e. The lowest BCUT2D eigenvalue weighted by Crippen LogP contribution is -2.27. The fourth-order valence-electron chi connectivity index (χ4n) is 3.05. The quantitative estimate of drug-likeness (QED) is 0.414. The van der Waals surface area contributed by atoms with E-state index in [0.29, 0.717) is 10.6 Å². The Morgan fingerprint density at radius 1 is 1.09 bits per heavy atom. The molecule has 0 bridgehead atoms. The highest BCUT2D eigenvalue weighted by atomic mass is 35.5. The molecule has 15 heteroatoms. The van der Waals surface area contributed by atoms with Gasteiger partial charge in [-0.15, -0.1) is 10.2 Å². The second-order valence-corrected chi connectivity index (χ2v) is 7.40. The van der Waals surface area contributed by atoms with E-state index in [1.165, 1.54) is 36.7 Å². The zero-order chi connectivity index (χ0) is 24.5. The monoisotopic (exact) mass is 493 g/mol. The second kappa shape index (κ2) is 9.05. The molecule has 2 N–H and O–H groups in total. The summed E-state index contributed by atoms with van der Waals surface area (Å²) in [6.45, 7) is -0.995. The lowest BCUT2D eigenvalue weighted by Gasteiger charge is -2.08. The Labute approximate surface area is 193 Å². The first kappa shape index (κ1) is 23.1. The summed E-state index contributed by atoms with van der Waals surface area (Å²) in [5.74, 6) is -1.24. The predicted molar refractivity (Wildman–Crippen MR) is 112 cm³/mol. The van der Waals surface area contributed by atoms with Crippen molar-refractivity contribution >= 4 is 17.5 Å². The molecular weight excluding hydrogens is 479 g/mol. The standard InChI is InChI=1S/C19H15ClF3N9O2/c20-12-4-2-11(3-5-12)15-29-31(18(34)30(15)9-6-19(21,22)23)10-13-27-16(14(24)33)32(28-13)17-25-7-1-8-26-17/h1-5,7-8H,6,9-10H2,(H2,24,33). The predicted octanol–water partition coefficient (Wildman–Crippen LogP) is 1.84. The van der Waals surface area contributed by atoms with Crippen molar-refractivity contribution in [1.29, 1.82) is 0 Å². The Morgan fingerprint density at radius 2 is 1.76 bits per heavy atom. The SMILES string of the molecule is NC(=O)c1nc(Cn2nc(-c3ccc(Cl)cc3)n(CCC(F)(F)F)c2=O)nn1-c1ncccn1. The van der Waals surface area contributed by atoms with Gasteiger partial charge < -0.3 is 5.73 Å². The van der Waals surface area contributed by atoms with Crippen LogP contribution in [0.1, 0.15) is 22.9 Å². The topological polar surface area (TPSA) is 139 Å². The van der Waals surface area contributed by atoms with E-state index in [2.05, 4.69) is 25.1 Å². The first-order valence-electron chi connectivity index (χ1n) is 9.66. The largest absolute Gasteiger partial charge is 0.390 e. The zero-order valence-corrected chi connectivity index (χ0v) is 17.9. The fraction of sp³-hybridized carbons (Fsp3) is 0.211. The number of carbonyl (C=O) groups is 1. The average molecular weight is 494 g/mol. The number of alkyl halides is 3. The van der Waals surface area contributed by atoms with Crippen LogP contribution < -0.4 is 11.4 Å². The van der Waals surface area contributed by atoms with Crippen LogP contribution in [0.4, 0.5) is 13.2 Å². The molecule has 0 aliphatic carbocycles. The Balaban J connectivity index is 1.74. The van der Waals surface area contributed by atoms with E-state index in [1.807, 2.05) is 0 Å². The van der Waals surface area contributed by atoms with Gasteiger partial charge >= 0.3 is 11.9 Å². The highest BCUT2D eigenvalue weighted by Crippen LogP contribution is 2.23. The van der Waals surface area contributed by atoms with Crippen LogP contribution in [0.5, 0.6) is 0 Å². The Morgan fingerprint density at radius 3 is 2.38 bits per heavy atom. The van der Waals surface area contributed by atoms with Crippen molar-refractivity contribution < 1.29 is 18.0 Å². The highest BCUT2D eigenvalue weighted by molar-refractivity contribution is 6.30. The molecule has 0 spiro atoms. The Bertz CT molecular complexity index is 1380. The smallest absolute Gasteiger partial charge is 0.363 e. The molecule has 0 saturated heterocycles. The summed E-state index contributed by atoms with van der Waals surface area (Å²) in [5, 5.41) is 8.71. The van der Waals surface area contributed by atoms with Crippen molar-refractivity contribution in [2.24, 2.45) is 5.73 Å². The van der Waals surface area contributed by atoms with E-state index in [9.17, 15) is 22.8 Å². The van der Waals surface area contributed by atoms with Crippen LogP contribution in [0.2, 0.25) is 5.02 Å². The van der Waals surface area contributed by atoms with Crippen molar-refractivity contribution in [3.05, 3.63) is 69.9 Å². The van der Waals surface area contributed by atoms with E-state index < -0.39 is 30.7 Å². The number of aromatic nitrogens is 8. The van der Waals surface area contributed by atoms with E-state index in [1.54, 1.807) is 6.07 Å². The molecule has 4 rings (SSSR count).